The number of allylic oxidation sites excluding steroid dienone is 1. The molecule has 0 aliphatic carbocycles. The largest absolute Gasteiger partial charge is 0.270 e. The van der Waals surface area contributed by atoms with Gasteiger partial charge in [0.1, 0.15) is 0 Å². The molecular weight excluding hydrogens is 198 g/mol. The van der Waals surface area contributed by atoms with Gasteiger partial charge in [0.15, 0.2) is 0 Å². The van der Waals surface area contributed by atoms with Crippen molar-refractivity contribution in [1.82, 2.24) is 10.2 Å². The SMILES string of the molecule is CC.CC=N/C=C\C.Cc1ccc(C)nn1. The number of nitrogens with zero attached hydrogens (tertiary/aromatic N) is 3. The van der Waals surface area contributed by atoms with Gasteiger partial charge in [-0.1, -0.05) is 19.9 Å². The van der Waals surface area contributed by atoms with Crippen LogP contribution in [-0.2, 0) is 0 Å². The molecular formula is C13H23N3. The molecule has 16 heavy (non-hydrogen) atoms. The molecule has 0 bridgehead atoms. The molecule has 0 saturated carbocycles. The van der Waals surface area contributed by atoms with Crippen LogP contribution < -0.4 is 0 Å². The number of aryl methyl sites for hydroxylation is 2. The van der Waals surface area contributed by atoms with E-state index in [-0.39, 0.29) is 0 Å². The number of aromatic nitrogens is 2. The van der Waals surface area contributed by atoms with Crippen molar-refractivity contribution in [1.29, 1.82) is 0 Å². The van der Waals surface area contributed by atoms with Crippen molar-refractivity contribution >= 4 is 6.21 Å². The number of hydrogen-bond acceptors (Lipinski definition) is 3. The third-order valence-corrected chi connectivity index (χ3v) is 1.32. The fraction of sp³-hybridized carbons (Fsp3) is 0.462. The lowest BCUT2D eigenvalue weighted by atomic mass is 10.4. The number of aliphatic imine (C=N–C) groups is 1. The normalized spacial score (nSPS) is 9.38. The van der Waals surface area contributed by atoms with Gasteiger partial charge < -0.3 is 0 Å². The minimum Gasteiger partial charge on any atom is -0.270 e. The van der Waals surface area contributed by atoms with Crippen LogP contribution in [0.5, 0.6) is 0 Å². The number of hydrogen-bond donors (Lipinski definition) is 0. The Morgan fingerprint density at radius 2 is 1.44 bits per heavy atom. The molecule has 0 radical (unpaired) electrons. The van der Waals surface area contributed by atoms with Crippen molar-refractivity contribution in [3.63, 3.8) is 0 Å². The Kier molecular flexibility index (Phi) is 14.3. The van der Waals surface area contributed by atoms with E-state index in [1.54, 1.807) is 12.4 Å². The van der Waals surface area contributed by atoms with Gasteiger partial charge in [0, 0.05) is 12.4 Å². The summed E-state index contributed by atoms with van der Waals surface area (Å²) in [6.07, 6.45) is 5.39. The maximum absolute atomic E-state index is 3.83. The highest BCUT2D eigenvalue weighted by Crippen LogP contribution is 1.90. The van der Waals surface area contributed by atoms with Crippen molar-refractivity contribution < 1.29 is 0 Å². The summed E-state index contributed by atoms with van der Waals surface area (Å²) in [5, 5.41) is 7.66. The molecule has 0 spiro atoms. The summed E-state index contributed by atoms with van der Waals surface area (Å²) in [6.45, 7) is 11.7. The Morgan fingerprint density at radius 1 is 1.00 bits per heavy atom. The molecule has 0 amide bonds. The van der Waals surface area contributed by atoms with Crippen LogP contribution in [0.15, 0.2) is 29.4 Å². The summed E-state index contributed by atoms with van der Waals surface area (Å²) in [5.74, 6) is 0. The van der Waals surface area contributed by atoms with Gasteiger partial charge in [0.25, 0.3) is 0 Å². The van der Waals surface area contributed by atoms with E-state index < -0.39 is 0 Å². The molecule has 0 N–H and O–H groups in total. The quantitative estimate of drug-likeness (QED) is 0.678. The molecule has 0 saturated heterocycles. The molecule has 0 aliphatic heterocycles. The summed E-state index contributed by atoms with van der Waals surface area (Å²) in [7, 11) is 0. The van der Waals surface area contributed by atoms with E-state index in [0.717, 1.165) is 11.4 Å². The van der Waals surface area contributed by atoms with Gasteiger partial charge in [-0.2, -0.15) is 10.2 Å². The highest BCUT2D eigenvalue weighted by molar-refractivity contribution is 5.54. The predicted molar refractivity (Wildman–Crippen MR) is 71.8 cm³/mol. The molecule has 0 aliphatic rings. The first-order valence-corrected chi connectivity index (χ1v) is 5.56. The van der Waals surface area contributed by atoms with E-state index in [4.69, 9.17) is 0 Å². The summed E-state index contributed by atoms with van der Waals surface area (Å²) in [4.78, 5) is 3.78. The van der Waals surface area contributed by atoms with Gasteiger partial charge in [-0.15, -0.1) is 0 Å². The molecule has 90 valence electrons. The lowest BCUT2D eigenvalue weighted by Gasteiger charge is -1.87. The maximum Gasteiger partial charge on any atom is 0.0600 e. The maximum atomic E-state index is 3.83. The van der Waals surface area contributed by atoms with E-state index in [1.807, 2.05) is 59.8 Å². The lowest BCUT2D eigenvalue weighted by Crippen LogP contribution is -1.86. The van der Waals surface area contributed by atoms with Crippen molar-refractivity contribution in [2.45, 2.75) is 41.5 Å². The van der Waals surface area contributed by atoms with E-state index in [0.29, 0.717) is 0 Å². The van der Waals surface area contributed by atoms with Gasteiger partial charge in [-0.25, -0.2) is 0 Å². The van der Waals surface area contributed by atoms with Crippen LogP contribution in [0, 0.1) is 13.8 Å². The monoisotopic (exact) mass is 221 g/mol. The van der Waals surface area contributed by atoms with Crippen LogP contribution >= 0.6 is 0 Å². The van der Waals surface area contributed by atoms with E-state index in [2.05, 4.69) is 15.2 Å². The van der Waals surface area contributed by atoms with Gasteiger partial charge in [0.05, 0.1) is 11.4 Å². The highest BCUT2D eigenvalue weighted by Gasteiger charge is 1.82. The molecule has 3 heteroatoms. The van der Waals surface area contributed by atoms with Crippen LogP contribution in [0.1, 0.15) is 39.1 Å². The van der Waals surface area contributed by atoms with Gasteiger partial charge in [-0.05, 0) is 39.8 Å². The lowest BCUT2D eigenvalue weighted by molar-refractivity contribution is 0.941. The predicted octanol–water partition coefficient (Wildman–Crippen LogP) is 3.73. The second-order valence-electron chi connectivity index (χ2n) is 2.71. The van der Waals surface area contributed by atoms with Crippen LogP contribution in [0.4, 0.5) is 0 Å². The average molecular weight is 221 g/mol. The van der Waals surface area contributed by atoms with Gasteiger partial charge >= 0.3 is 0 Å². The molecule has 0 fully saturated rings. The molecule has 1 heterocycles. The van der Waals surface area contributed by atoms with Crippen LogP contribution in [-0.4, -0.2) is 16.4 Å². The van der Waals surface area contributed by atoms with Crippen molar-refractivity contribution in [2.75, 3.05) is 0 Å². The zero-order valence-electron chi connectivity index (χ0n) is 11.2. The van der Waals surface area contributed by atoms with E-state index in [1.165, 1.54) is 0 Å². The minimum atomic E-state index is 0.968. The van der Waals surface area contributed by atoms with Gasteiger partial charge in [-0.3, -0.25) is 4.99 Å². The highest BCUT2D eigenvalue weighted by atomic mass is 15.1. The first kappa shape index (κ1) is 16.9. The molecule has 3 nitrogen and oxygen atoms in total. The van der Waals surface area contributed by atoms with Crippen molar-refractivity contribution in [2.24, 2.45) is 4.99 Å². The Labute approximate surface area is 99.3 Å². The first-order chi connectivity index (χ1) is 7.70. The van der Waals surface area contributed by atoms with E-state index >= 15 is 0 Å². The molecule has 1 aromatic rings. The topological polar surface area (TPSA) is 38.1 Å². The molecule has 1 rings (SSSR count). The Hall–Kier alpha value is -1.51. The van der Waals surface area contributed by atoms with Gasteiger partial charge in [0.2, 0.25) is 0 Å². The average Bonchev–Trinajstić information content (AvgIpc) is 2.34. The third-order valence-electron chi connectivity index (χ3n) is 1.32. The first-order valence-electron chi connectivity index (χ1n) is 5.56. The second-order valence-corrected chi connectivity index (χ2v) is 2.71. The third kappa shape index (κ3) is 12.5. The van der Waals surface area contributed by atoms with E-state index in [9.17, 15) is 0 Å². The minimum absolute atomic E-state index is 0.968. The molecule has 0 atom stereocenters. The van der Waals surface area contributed by atoms with Crippen molar-refractivity contribution in [3.05, 3.63) is 35.8 Å². The number of rotatable bonds is 1. The Morgan fingerprint density at radius 3 is 1.62 bits per heavy atom. The Bertz CT molecular complexity index is 256. The smallest absolute Gasteiger partial charge is 0.0600 e. The van der Waals surface area contributed by atoms with Crippen LogP contribution in [0.2, 0.25) is 0 Å². The molecule has 0 unspecified atom stereocenters. The van der Waals surface area contributed by atoms with Crippen LogP contribution in [0.25, 0.3) is 0 Å². The van der Waals surface area contributed by atoms with Crippen molar-refractivity contribution in [3.8, 4) is 0 Å². The van der Waals surface area contributed by atoms with Crippen LogP contribution in [0.3, 0.4) is 0 Å². The standard InChI is InChI=1S/C6H8N2.C5H9N.C2H6/c1-5-3-4-6(2)8-7-5;1-3-5-6-4-2;1-2/h3-4H,1-2H3;3-5H,1-2H3;1-2H3/b;5-3-,6-4?;. The zero-order chi connectivity index (χ0) is 12.8. The molecule has 0 aromatic carbocycles. The fourth-order valence-corrected chi connectivity index (χ4v) is 0.638. The summed E-state index contributed by atoms with van der Waals surface area (Å²) >= 11 is 0. The Balaban J connectivity index is 0. The fourth-order valence-electron chi connectivity index (χ4n) is 0.638. The second kappa shape index (κ2) is 13.5. The summed E-state index contributed by atoms with van der Waals surface area (Å²) in [5.41, 5.74) is 1.94. The molecule has 1 aromatic heterocycles. The summed E-state index contributed by atoms with van der Waals surface area (Å²) in [6, 6.07) is 3.89. The zero-order valence-corrected chi connectivity index (χ0v) is 11.2. The summed E-state index contributed by atoms with van der Waals surface area (Å²) < 4.78 is 0.